The molecule has 0 aliphatic rings. The summed E-state index contributed by atoms with van der Waals surface area (Å²) in [4.78, 5) is 2.20. The number of anilines is 2. The van der Waals surface area contributed by atoms with Crippen LogP contribution in [0.4, 0.5) is 11.4 Å². The maximum atomic E-state index is 6.37. The van der Waals surface area contributed by atoms with E-state index in [0.29, 0.717) is 6.54 Å². The molecule has 2 N–H and O–H groups in total. The zero-order chi connectivity index (χ0) is 13.8. The molecular formula is C16H19ClN2. The molecule has 2 rings (SSSR count). The molecule has 3 heteroatoms. The summed E-state index contributed by atoms with van der Waals surface area (Å²) in [7, 11) is 0. The van der Waals surface area contributed by atoms with Crippen LogP contribution in [-0.4, -0.2) is 6.54 Å². The fourth-order valence-electron chi connectivity index (χ4n) is 2.11. The van der Waals surface area contributed by atoms with Gasteiger partial charge in [0.2, 0.25) is 0 Å². The molecular weight excluding hydrogens is 256 g/mol. The summed E-state index contributed by atoms with van der Waals surface area (Å²) < 4.78 is 0. The molecule has 19 heavy (non-hydrogen) atoms. The van der Waals surface area contributed by atoms with Gasteiger partial charge in [-0.3, -0.25) is 0 Å². The van der Waals surface area contributed by atoms with E-state index in [1.165, 1.54) is 5.56 Å². The highest BCUT2D eigenvalue weighted by molar-refractivity contribution is 6.33. The summed E-state index contributed by atoms with van der Waals surface area (Å²) in [6, 6.07) is 14.5. The Hall–Kier alpha value is -1.51. The first kappa shape index (κ1) is 13.9. The average Bonchev–Trinajstić information content (AvgIpc) is 2.43. The van der Waals surface area contributed by atoms with Crippen molar-refractivity contribution in [3.63, 3.8) is 0 Å². The van der Waals surface area contributed by atoms with Crippen LogP contribution in [0.2, 0.25) is 5.02 Å². The summed E-state index contributed by atoms with van der Waals surface area (Å²) in [5.74, 6) is 0. The topological polar surface area (TPSA) is 29.3 Å². The number of halogens is 1. The second-order valence-electron chi connectivity index (χ2n) is 4.57. The van der Waals surface area contributed by atoms with Crippen LogP contribution in [0.15, 0.2) is 42.5 Å². The second kappa shape index (κ2) is 6.09. The molecule has 0 aliphatic heterocycles. The SMILES string of the molecule is CCN(c1ccc(C)cc1)c1ccc(CN)cc1Cl. The molecule has 0 bridgehead atoms. The van der Waals surface area contributed by atoms with E-state index in [9.17, 15) is 0 Å². The van der Waals surface area contributed by atoms with E-state index in [-0.39, 0.29) is 0 Å². The van der Waals surface area contributed by atoms with Crippen molar-refractivity contribution in [3.05, 3.63) is 58.6 Å². The third kappa shape index (κ3) is 3.09. The first-order chi connectivity index (χ1) is 9.15. The third-order valence-corrected chi connectivity index (χ3v) is 3.50. The lowest BCUT2D eigenvalue weighted by atomic mass is 10.1. The van der Waals surface area contributed by atoms with Gasteiger partial charge in [-0.05, 0) is 43.7 Å². The summed E-state index contributed by atoms with van der Waals surface area (Å²) in [5, 5.41) is 0.741. The van der Waals surface area contributed by atoms with E-state index in [1.54, 1.807) is 0 Å². The lowest BCUT2D eigenvalue weighted by Gasteiger charge is -2.25. The Balaban J connectivity index is 2.39. The van der Waals surface area contributed by atoms with Gasteiger partial charge in [0.05, 0.1) is 10.7 Å². The molecule has 0 spiro atoms. The Morgan fingerprint density at radius 1 is 1.11 bits per heavy atom. The smallest absolute Gasteiger partial charge is 0.0646 e. The number of nitrogens with two attached hydrogens (primary N) is 1. The van der Waals surface area contributed by atoms with Crippen LogP contribution >= 0.6 is 11.6 Å². The van der Waals surface area contributed by atoms with E-state index in [4.69, 9.17) is 17.3 Å². The number of benzene rings is 2. The normalized spacial score (nSPS) is 10.5. The fraction of sp³-hybridized carbons (Fsp3) is 0.250. The van der Waals surface area contributed by atoms with Crippen molar-refractivity contribution >= 4 is 23.0 Å². The quantitative estimate of drug-likeness (QED) is 0.902. The van der Waals surface area contributed by atoms with Crippen LogP contribution in [0.5, 0.6) is 0 Å². The number of rotatable bonds is 4. The molecule has 0 aromatic heterocycles. The predicted octanol–water partition coefficient (Wildman–Crippen LogP) is 4.27. The molecule has 0 radical (unpaired) electrons. The maximum Gasteiger partial charge on any atom is 0.0646 e. The minimum atomic E-state index is 0.511. The molecule has 0 fully saturated rings. The Morgan fingerprint density at radius 3 is 2.32 bits per heavy atom. The van der Waals surface area contributed by atoms with Gasteiger partial charge < -0.3 is 10.6 Å². The van der Waals surface area contributed by atoms with Gasteiger partial charge >= 0.3 is 0 Å². The standard InChI is InChI=1S/C16H19ClN2/c1-3-19(14-7-4-12(2)5-8-14)16-9-6-13(11-18)10-15(16)17/h4-10H,3,11,18H2,1-2H3. The highest BCUT2D eigenvalue weighted by atomic mass is 35.5. The van der Waals surface area contributed by atoms with Gasteiger partial charge in [-0.25, -0.2) is 0 Å². The second-order valence-corrected chi connectivity index (χ2v) is 4.98. The van der Waals surface area contributed by atoms with Crippen LogP contribution in [0.3, 0.4) is 0 Å². The zero-order valence-electron chi connectivity index (χ0n) is 11.4. The fourth-order valence-corrected chi connectivity index (χ4v) is 2.42. The third-order valence-electron chi connectivity index (χ3n) is 3.20. The molecule has 0 amide bonds. The summed E-state index contributed by atoms with van der Waals surface area (Å²) in [6.07, 6.45) is 0. The van der Waals surface area contributed by atoms with Gasteiger partial charge in [-0.2, -0.15) is 0 Å². The van der Waals surface area contributed by atoms with E-state index >= 15 is 0 Å². The van der Waals surface area contributed by atoms with Crippen molar-refractivity contribution < 1.29 is 0 Å². The Labute approximate surface area is 119 Å². The lowest BCUT2D eigenvalue weighted by Crippen LogP contribution is -2.16. The Bertz CT molecular complexity index is 549. The zero-order valence-corrected chi connectivity index (χ0v) is 12.1. The number of hydrogen-bond donors (Lipinski definition) is 1. The molecule has 0 saturated carbocycles. The molecule has 2 nitrogen and oxygen atoms in total. The van der Waals surface area contributed by atoms with Crippen molar-refractivity contribution in [2.24, 2.45) is 5.73 Å². The van der Waals surface area contributed by atoms with E-state index < -0.39 is 0 Å². The molecule has 0 unspecified atom stereocenters. The molecule has 0 saturated heterocycles. The van der Waals surface area contributed by atoms with Gasteiger partial charge in [-0.15, -0.1) is 0 Å². The van der Waals surface area contributed by atoms with Crippen molar-refractivity contribution in [1.29, 1.82) is 0 Å². The molecule has 0 atom stereocenters. The largest absolute Gasteiger partial charge is 0.341 e. The minimum absolute atomic E-state index is 0.511. The van der Waals surface area contributed by atoms with Gasteiger partial charge in [0.15, 0.2) is 0 Å². The molecule has 0 heterocycles. The monoisotopic (exact) mass is 274 g/mol. The Morgan fingerprint density at radius 2 is 1.79 bits per heavy atom. The lowest BCUT2D eigenvalue weighted by molar-refractivity contribution is 1.02. The van der Waals surface area contributed by atoms with Crippen LogP contribution in [0.1, 0.15) is 18.1 Å². The van der Waals surface area contributed by atoms with E-state index in [2.05, 4.69) is 43.0 Å². The first-order valence-corrected chi connectivity index (χ1v) is 6.86. The van der Waals surface area contributed by atoms with Crippen LogP contribution in [-0.2, 0) is 6.54 Å². The highest BCUT2D eigenvalue weighted by Gasteiger charge is 2.11. The summed E-state index contributed by atoms with van der Waals surface area (Å²) in [6.45, 7) is 5.58. The van der Waals surface area contributed by atoms with Crippen LogP contribution in [0, 0.1) is 6.92 Å². The maximum absolute atomic E-state index is 6.37. The molecule has 2 aromatic carbocycles. The first-order valence-electron chi connectivity index (χ1n) is 6.48. The number of nitrogens with zero attached hydrogens (tertiary/aromatic N) is 1. The van der Waals surface area contributed by atoms with Crippen LogP contribution in [0.25, 0.3) is 0 Å². The van der Waals surface area contributed by atoms with E-state index in [0.717, 1.165) is 28.5 Å². The van der Waals surface area contributed by atoms with Crippen molar-refractivity contribution in [1.82, 2.24) is 0 Å². The molecule has 0 aliphatic carbocycles. The average molecular weight is 275 g/mol. The number of hydrogen-bond acceptors (Lipinski definition) is 2. The number of aryl methyl sites for hydroxylation is 1. The van der Waals surface area contributed by atoms with Gasteiger partial charge in [0.25, 0.3) is 0 Å². The Kier molecular flexibility index (Phi) is 4.46. The van der Waals surface area contributed by atoms with Crippen LogP contribution < -0.4 is 10.6 Å². The van der Waals surface area contributed by atoms with Crippen molar-refractivity contribution in [2.75, 3.05) is 11.4 Å². The predicted molar refractivity (Wildman–Crippen MR) is 83.2 cm³/mol. The summed E-state index contributed by atoms with van der Waals surface area (Å²) in [5.41, 5.74) is 10.1. The minimum Gasteiger partial charge on any atom is -0.341 e. The summed E-state index contributed by atoms with van der Waals surface area (Å²) >= 11 is 6.37. The van der Waals surface area contributed by atoms with Gasteiger partial charge in [-0.1, -0.05) is 35.4 Å². The van der Waals surface area contributed by atoms with Crippen molar-refractivity contribution in [3.8, 4) is 0 Å². The highest BCUT2D eigenvalue weighted by Crippen LogP contribution is 2.32. The van der Waals surface area contributed by atoms with Gasteiger partial charge in [0.1, 0.15) is 0 Å². The van der Waals surface area contributed by atoms with Crippen molar-refractivity contribution in [2.45, 2.75) is 20.4 Å². The molecule has 2 aromatic rings. The van der Waals surface area contributed by atoms with E-state index in [1.807, 2.05) is 18.2 Å². The van der Waals surface area contributed by atoms with Gasteiger partial charge in [0, 0.05) is 18.8 Å². The molecule has 100 valence electrons.